The molecule has 2 atom stereocenters. The van der Waals surface area contributed by atoms with E-state index in [0.29, 0.717) is 6.61 Å². The lowest BCUT2D eigenvalue weighted by Crippen LogP contribution is -2.50. The average molecular weight is 222 g/mol. The Kier molecular flexibility index (Phi) is 4.64. The van der Waals surface area contributed by atoms with Crippen LogP contribution < -0.4 is 0 Å². The van der Waals surface area contributed by atoms with Gasteiger partial charge in [-0.25, -0.2) is 0 Å². The van der Waals surface area contributed by atoms with Crippen molar-refractivity contribution in [2.75, 3.05) is 19.7 Å². The predicted octanol–water partition coefficient (Wildman–Crippen LogP) is 2.39. The minimum Gasteiger partial charge on any atom is -0.338 e. The molecule has 4 heteroatoms. The molecule has 0 aliphatic carbocycles. The van der Waals surface area contributed by atoms with Gasteiger partial charge in [-0.05, 0) is 26.7 Å². The topological polar surface area (TPSA) is 21.7 Å². The molecule has 1 rings (SSSR count). The molecule has 0 spiro atoms. The zero-order valence-corrected chi connectivity index (χ0v) is 10.0. The van der Waals surface area contributed by atoms with Crippen molar-refractivity contribution in [2.45, 2.75) is 45.1 Å². The van der Waals surface area contributed by atoms with Gasteiger partial charge in [-0.1, -0.05) is 11.6 Å². The van der Waals surface area contributed by atoms with E-state index in [-0.39, 0.29) is 5.56 Å². The van der Waals surface area contributed by atoms with E-state index in [2.05, 4.69) is 4.90 Å². The van der Waals surface area contributed by atoms with E-state index in [0.717, 1.165) is 13.1 Å². The lowest BCUT2D eigenvalue weighted by molar-refractivity contribution is -0.305. The van der Waals surface area contributed by atoms with E-state index in [1.807, 2.05) is 20.8 Å². The van der Waals surface area contributed by atoms with E-state index < -0.39 is 5.91 Å². The van der Waals surface area contributed by atoms with Gasteiger partial charge in [-0.2, -0.15) is 0 Å². The summed E-state index contributed by atoms with van der Waals surface area (Å²) in [6, 6.07) is 0. The fraction of sp³-hybridized carbons (Fsp3) is 1.00. The number of ether oxygens (including phenoxy) is 2. The quantitative estimate of drug-likeness (QED) is 0.526. The maximum Gasteiger partial charge on any atom is 0.228 e. The van der Waals surface area contributed by atoms with Crippen LogP contribution in [0.4, 0.5) is 0 Å². The number of alkyl halides is 1. The summed E-state index contributed by atoms with van der Waals surface area (Å²) in [4.78, 5) is 2.20. The summed E-state index contributed by atoms with van der Waals surface area (Å²) in [5.74, 6) is -0.646. The lowest BCUT2D eigenvalue weighted by atomic mass is 10.4. The van der Waals surface area contributed by atoms with Gasteiger partial charge in [0.15, 0.2) is 0 Å². The zero-order valence-electron chi connectivity index (χ0n) is 9.25. The highest BCUT2D eigenvalue weighted by molar-refractivity contribution is 6.19. The maximum atomic E-state index is 5.85. The molecule has 0 amide bonds. The second kappa shape index (κ2) is 5.31. The summed E-state index contributed by atoms with van der Waals surface area (Å²) >= 11 is 5.85. The molecule has 1 saturated heterocycles. The Morgan fingerprint density at radius 3 is 2.43 bits per heavy atom. The molecule has 0 saturated carbocycles. The van der Waals surface area contributed by atoms with E-state index in [1.54, 1.807) is 0 Å². The van der Waals surface area contributed by atoms with Gasteiger partial charge >= 0.3 is 0 Å². The standard InChI is InChI=1S/C10H20ClNO2/c1-4-13-10(3,14-9(2)11)12-7-5-6-8-12/h9H,4-8H2,1-3H3. The Morgan fingerprint density at radius 1 is 1.43 bits per heavy atom. The third-order valence-corrected chi connectivity index (χ3v) is 2.56. The van der Waals surface area contributed by atoms with Gasteiger partial charge in [0.25, 0.3) is 0 Å². The van der Waals surface area contributed by atoms with Crippen molar-refractivity contribution in [3.8, 4) is 0 Å². The van der Waals surface area contributed by atoms with Crippen LogP contribution >= 0.6 is 11.6 Å². The number of hydrogen-bond donors (Lipinski definition) is 0. The monoisotopic (exact) mass is 221 g/mol. The fourth-order valence-corrected chi connectivity index (χ4v) is 2.06. The Labute approximate surface area is 91.3 Å². The molecule has 3 nitrogen and oxygen atoms in total. The minimum absolute atomic E-state index is 0.327. The SMILES string of the molecule is CCOC(C)(OC(C)Cl)N1CCCC1. The molecule has 0 N–H and O–H groups in total. The molecule has 0 radical (unpaired) electrons. The van der Waals surface area contributed by atoms with Crippen molar-refractivity contribution < 1.29 is 9.47 Å². The van der Waals surface area contributed by atoms with Crippen LogP contribution in [-0.2, 0) is 9.47 Å². The Balaban J connectivity index is 2.58. The number of halogens is 1. The van der Waals surface area contributed by atoms with E-state index in [1.165, 1.54) is 12.8 Å². The third kappa shape index (κ3) is 3.09. The van der Waals surface area contributed by atoms with Crippen LogP contribution in [-0.4, -0.2) is 36.1 Å². The van der Waals surface area contributed by atoms with Gasteiger partial charge in [0.2, 0.25) is 5.91 Å². The molecule has 0 aromatic heterocycles. The smallest absolute Gasteiger partial charge is 0.228 e. The number of nitrogens with zero attached hydrogens (tertiary/aromatic N) is 1. The van der Waals surface area contributed by atoms with Gasteiger partial charge in [0.05, 0.1) is 0 Å². The molecule has 1 aliphatic heterocycles. The van der Waals surface area contributed by atoms with Gasteiger partial charge in [-0.3, -0.25) is 4.90 Å². The first kappa shape index (κ1) is 12.2. The Hall–Kier alpha value is 0.170. The van der Waals surface area contributed by atoms with Crippen LogP contribution in [0.1, 0.15) is 33.6 Å². The van der Waals surface area contributed by atoms with E-state index in [4.69, 9.17) is 21.1 Å². The van der Waals surface area contributed by atoms with Crippen molar-refractivity contribution >= 4 is 11.6 Å². The molecule has 84 valence electrons. The maximum absolute atomic E-state index is 5.85. The van der Waals surface area contributed by atoms with Crippen LogP contribution in [0.3, 0.4) is 0 Å². The van der Waals surface area contributed by atoms with Gasteiger partial charge < -0.3 is 9.47 Å². The largest absolute Gasteiger partial charge is 0.338 e. The Morgan fingerprint density at radius 2 is 2.00 bits per heavy atom. The van der Waals surface area contributed by atoms with Gasteiger partial charge in [-0.15, -0.1) is 0 Å². The molecule has 14 heavy (non-hydrogen) atoms. The van der Waals surface area contributed by atoms with Crippen molar-refractivity contribution in [1.29, 1.82) is 0 Å². The second-order valence-electron chi connectivity index (χ2n) is 3.69. The molecule has 1 aliphatic rings. The molecule has 0 aromatic rings. The van der Waals surface area contributed by atoms with Crippen LogP contribution in [0.25, 0.3) is 0 Å². The highest BCUT2D eigenvalue weighted by Crippen LogP contribution is 2.26. The van der Waals surface area contributed by atoms with Gasteiger partial charge in [0.1, 0.15) is 5.56 Å². The summed E-state index contributed by atoms with van der Waals surface area (Å²) in [6.45, 7) is 8.42. The first-order valence-electron chi connectivity index (χ1n) is 5.29. The van der Waals surface area contributed by atoms with Crippen LogP contribution in [0.5, 0.6) is 0 Å². The zero-order chi connectivity index (χ0) is 10.6. The highest BCUT2D eigenvalue weighted by Gasteiger charge is 2.36. The molecular formula is C10H20ClNO2. The second-order valence-corrected chi connectivity index (χ2v) is 4.30. The summed E-state index contributed by atoms with van der Waals surface area (Å²) in [5.41, 5.74) is -0.327. The summed E-state index contributed by atoms with van der Waals surface area (Å²) in [6.07, 6.45) is 2.42. The van der Waals surface area contributed by atoms with Crippen molar-refractivity contribution in [3.63, 3.8) is 0 Å². The first-order valence-corrected chi connectivity index (χ1v) is 5.73. The fourth-order valence-electron chi connectivity index (χ4n) is 1.89. The lowest BCUT2D eigenvalue weighted by Gasteiger charge is -2.38. The average Bonchev–Trinajstić information content (AvgIpc) is 2.54. The van der Waals surface area contributed by atoms with Crippen molar-refractivity contribution in [2.24, 2.45) is 0 Å². The molecular weight excluding hydrogens is 202 g/mol. The van der Waals surface area contributed by atoms with Crippen molar-refractivity contribution in [1.82, 2.24) is 4.90 Å². The third-order valence-electron chi connectivity index (χ3n) is 2.47. The first-order chi connectivity index (χ1) is 6.58. The normalized spacial score (nSPS) is 24.9. The minimum atomic E-state index is -0.646. The molecule has 1 fully saturated rings. The van der Waals surface area contributed by atoms with E-state index in [9.17, 15) is 0 Å². The molecule has 0 bridgehead atoms. The molecule has 1 heterocycles. The van der Waals surface area contributed by atoms with Crippen LogP contribution in [0.15, 0.2) is 0 Å². The van der Waals surface area contributed by atoms with Crippen molar-refractivity contribution in [3.05, 3.63) is 0 Å². The Bertz CT molecular complexity index is 172. The summed E-state index contributed by atoms with van der Waals surface area (Å²) in [7, 11) is 0. The van der Waals surface area contributed by atoms with Crippen LogP contribution in [0, 0.1) is 0 Å². The summed E-state index contributed by atoms with van der Waals surface area (Å²) in [5, 5.41) is 0. The molecule has 0 aromatic carbocycles. The predicted molar refractivity (Wildman–Crippen MR) is 57.2 cm³/mol. The highest BCUT2D eigenvalue weighted by atomic mass is 35.5. The van der Waals surface area contributed by atoms with E-state index >= 15 is 0 Å². The van der Waals surface area contributed by atoms with Crippen LogP contribution in [0.2, 0.25) is 0 Å². The number of likely N-dealkylation sites (tertiary alicyclic amines) is 1. The van der Waals surface area contributed by atoms with Gasteiger partial charge in [0, 0.05) is 26.6 Å². The molecule has 2 unspecified atom stereocenters. The number of hydrogen-bond acceptors (Lipinski definition) is 3. The number of rotatable bonds is 5. The summed E-state index contributed by atoms with van der Waals surface area (Å²) < 4.78 is 11.3.